The molecule has 2 saturated heterocycles. The Morgan fingerprint density at radius 2 is 1.56 bits per heavy atom. The number of hydrogen-bond donors (Lipinski definition) is 7. The van der Waals surface area contributed by atoms with E-state index in [0.717, 1.165) is 36.0 Å². The van der Waals surface area contributed by atoms with Crippen LogP contribution in [0.15, 0.2) is 103 Å². The molecular formula is C61H68N7O13P. The summed E-state index contributed by atoms with van der Waals surface area (Å²) in [6.45, 7) is 2.44. The van der Waals surface area contributed by atoms with E-state index < -0.39 is 72.9 Å². The summed E-state index contributed by atoms with van der Waals surface area (Å²) in [4.78, 5) is 145. The van der Waals surface area contributed by atoms with E-state index in [9.17, 15) is 57.5 Å². The Morgan fingerprint density at radius 3 is 2.24 bits per heavy atom. The number of nitrogens with one attached hydrogen (secondary N) is 4. The molecule has 82 heavy (non-hydrogen) atoms. The summed E-state index contributed by atoms with van der Waals surface area (Å²) < 4.78 is 18.1. The van der Waals surface area contributed by atoms with Gasteiger partial charge >= 0.3 is 7.60 Å². The highest BCUT2D eigenvalue weighted by Crippen LogP contribution is 2.40. The third-order valence-electron chi connectivity index (χ3n) is 15.2. The number of likely N-dealkylation sites (tertiary alicyclic amines) is 1. The van der Waals surface area contributed by atoms with E-state index in [2.05, 4.69) is 32.8 Å². The van der Waals surface area contributed by atoms with Crippen molar-refractivity contribution in [2.75, 3.05) is 13.2 Å². The number of ether oxygens (including phenoxy) is 1. The molecule has 0 spiro atoms. The van der Waals surface area contributed by atoms with E-state index in [-0.39, 0.29) is 92.8 Å². The van der Waals surface area contributed by atoms with Gasteiger partial charge in [-0.2, -0.15) is 0 Å². The summed E-state index contributed by atoms with van der Waals surface area (Å²) in [6, 6.07) is 25.4. The number of primary amides is 1. The molecule has 3 aliphatic heterocycles. The number of rotatable bonds is 26. The largest absolute Gasteiger partial charge is 0.396 e. The number of imide groups is 1. The molecule has 1 aromatic heterocycles. The Bertz CT molecular complexity index is 3290. The van der Waals surface area contributed by atoms with Gasteiger partial charge in [0.15, 0.2) is 5.78 Å². The minimum absolute atomic E-state index is 0.00583. The van der Waals surface area contributed by atoms with Crippen molar-refractivity contribution in [1.29, 1.82) is 0 Å². The van der Waals surface area contributed by atoms with E-state index >= 15 is 0 Å². The van der Waals surface area contributed by atoms with Crippen LogP contribution in [0, 0.1) is 11.8 Å². The van der Waals surface area contributed by atoms with E-state index in [1.54, 1.807) is 12.1 Å². The van der Waals surface area contributed by atoms with E-state index in [0.29, 0.717) is 54.3 Å². The van der Waals surface area contributed by atoms with Crippen molar-refractivity contribution in [2.45, 2.75) is 140 Å². The minimum atomic E-state index is -5.09. The highest BCUT2D eigenvalue weighted by atomic mass is 31.2. The van der Waals surface area contributed by atoms with Gasteiger partial charge in [0.2, 0.25) is 29.5 Å². The Balaban J connectivity index is 0.936. The van der Waals surface area contributed by atoms with Gasteiger partial charge in [0, 0.05) is 85.3 Å². The van der Waals surface area contributed by atoms with Gasteiger partial charge in [-0.15, -0.1) is 0 Å². The summed E-state index contributed by atoms with van der Waals surface area (Å²) >= 11 is 0. The normalized spacial score (nSPS) is 17.7. The number of benzene rings is 4. The van der Waals surface area contributed by atoms with Crippen LogP contribution in [0.5, 0.6) is 0 Å². The number of H-pyrrole nitrogens is 1. The maximum atomic E-state index is 14.9. The number of ketones is 1. The van der Waals surface area contributed by atoms with Crippen LogP contribution in [0.25, 0.3) is 10.9 Å². The summed E-state index contributed by atoms with van der Waals surface area (Å²) in [5.74, 6) is 2.06. The first-order valence-electron chi connectivity index (χ1n) is 27.8. The number of unbranched alkanes of at least 4 members (excludes halogenated alkanes) is 5. The van der Waals surface area contributed by atoms with Gasteiger partial charge in [0.05, 0.1) is 12.1 Å². The fourth-order valence-electron chi connectivity index (χ4n) is 10.9. The van der Waals surface area contributed by atoms with Crippen LogP contribution in [0.4, 0.5) is 0 Å². The number of aromatic nitrogens is 1. The lowest BCUT2D eigenvalue weighted by atomic mass is 9.85. The molecule has 8 N–H and O–H groups in total. The quantitative estimate of drug-likeness (QED) is 0.0143. The van der Waals surface area contributed by atoms with Gasteiger partial charge in [-0.05, 0) is 85.2 Å². The first-order chi connectivity index (χ1) is 39.4. The van der Waals surface area contributed by atoms with Gasteiger partial charge in [-0.1, -0.05) is 111 Å². The predicted octanol–water partition coefficient (Wildman–Crippen LogP) is 6.07. The number of hydrogen-bond acceptors (Lipinski definition) is 11. The molecule has 0 bridgehead atoms. The standard InChI is InChI=1S/C61H68N7O13P/c1-2-3-24-49(65-56(72)50-33-42-32-41(25-26-47(42)63-50)61(77)82(78,79)80)60(76)67-36-43(34-52(67)58(74)64-48(27-29-54(62)70)53(69)35-45(38-17-11-8-12-18-38)39-19-13-9-14-20-39)81-31-15-7-5-4-6-10-21-40-22-16-23-44-46(40)37-68(59(44)75)51-28-30-55(71)66-57(51)73/h8-9,11-14,16-20,22-23,25-26,32-33,43,45,48-49,51-52,63H,2-7,15,24,27-31,34-37H2,1H3,(H2,62,70)(H,64,74)(H,65,72)(H,66,71,73)(H2,78,79,80)/t43-,48+,49+,51?,52+/m1/s1. The molecule has 3 aliphatic rings. The number of fused-ring (bicyclic) bond motifs is 2. The Hall–Kier alpha value is -8.08. The second kappa shape index (κ2) is 27.6. The third kappa shape index (κ3) is 15.1. The van der Waals surface area contributed by atoms with Crippen molar-refractivity contribution >= 4 is 71.2 Å². The number of nitrogens with zero attached hydrogens (tertiary/aromatic N) is 2. The molecule has 4 heterocycles. The smallest absolute Gasteiger partial charge is 0.376 e. The zero-order valence-electron chi connectivity index (χ0n) is 45.6. The van der Waals surface area contributed by atoms with Gasteiger partial charge in [0.1, 0.15) is 23.8 Å². The molecule has 0 aliphatic carbocycles. The SMILES string of the molecule is CCCC[C@H](NC(=O)c1cc2cc(C(=O)P(=O)(O)O)ccc2[nH]1)C(=O)N1C[C@H](OCCCCCCC#Cc2cccc3c2CN(C2CCC(=O)NC2=O)C3=O)C[C@H]1C(=O)N[C@@H](CCC(N)=O)C(=O)CC(c1ccccc1)c1ccccc1. The number of Topliss-reactive ketones (excluding diaryl/α,β-unsaturated/α-hetero) is 1. The lowest BCUT2D eigenvalue weighted by Gasteiger charge is -2.30. The molecule has 5 atom stereocenters. The van der Waals surface area contributed by atoms with Crippen molar-refractivity contribution in [3.05, 3.63) is 142 Å². The minimum Gasteiger partial charge on any atom is -0.376 e. The first-order valence-corrected chi connectivity index (χ1v) is 29.4. The van der Waals surface area contributed by atoms with Crippen LogP contribution >= 0.6 is 7.60 Å². The zero-order valence-corrected chi connectivity index (χ0v) is 46.5. The molecule has 0 radical (unpaired) electrons. The number of amides is 7. The Labute approximate surface area is 474 Å². The molecule has 21 heteroatoms. The number of piperidine rings is 1. The summed E-state index contributed by atoms with van der Waals surface area (Å²) in [5, 5.41) is 8.36. The van der Waals surface area contributed by atoms with Crippen LogP contribution in [-0.4, -0.2) is 121 Å². The van der Waals surface area contributed by atoms with Crippen molar-refractivity contribution in [3.8, 4) is 11.8 Å². The first kappa shape index (κ1) is 60.0. The topological polar surface area (TPSA) is 305 Å². The van der Waals surface area contributed by atoms with Crippen LogP contribution in [0.3, 0.4) is 0 Å². The molecule has 5 aromatic rings. The van der Waals surface area contributed by atoms with Gasteiger partial charge < -0.3 is 45.7 Å². The number of aromatic amines is 1. The zero-order chi connectivity index (χ0) is 58.5. The molecule has 0 saturated carbocycles. The van der Waals surface area contributed by atoms with Crippen molar-refractivity contribution in [2.24, 2.45) is 5.73 Å². The van der Waals surface area contributed by atoms with Crippen LogP contribution < -0.4 is 21.7 Å². The fourth-order valence-corrected chi connectivity index (χ4v) is 11.3. The van der Waals surface area contributed by atoms with Gasteiger partial charge in [-0.25, -0.2) is 0 Å². The molecule has 1 unspecified atom stereocenters. The predicted molar refractivity (Wildman–Crippen MR) is 302 cm³/mol. The molecule has 4 aromatic carbocycles. The van der Waals surface area contributed by atoms with Crippen molar-refractivity contribution in [3.63, 3.8) is 0 Å². The molecule has 430 valence electrons. The summed E-state index contributed by atoms with van der Waals surface area (Å²) in [6.07, 6.45) is 4.58. The number of carbonyl (C=O) groups is 9. The molecule has 20 nitrogen and oxygen atoms in total. The molecule has 8 rings (SSSR count). The van der Waals surface area contributed by atoms with E-state index in [1.165, 1.54) is 34.1 Å². The van der Waals surface area contributed by atoms with Crippen LogP contribution in [0.1, 0.15) is 156 Å². The Kier molecular flexibility index (Phi) is 20.2. The molecular weight excluding hydrogens is 1070 g/mol. The van der Waals surface area contributed by atoms with Crippen LogP contribution in [0.2, 0.25) is 0 Å². The van der Waals surface area contributed by atoms with Crippen LogP contribution in [-0.2, 0) is 44.6 Å². The molecule has 2 fully saturated rings. The third-order valence-corrected chi connectivity index (χ3v) is 16.0. The number of nitrogens with two attached hydrogens (primary N) is 1. The second-order valence-corrected chi connectivity index (χ2v) is 22.5. The maximum Gasteiger partial charge on any atom is 0.396 e. The van der Waals surface area contributed by atoms with Crippen molar-refractivity contribution in [1.82, 2.24) is 30.7 Å². The number of carbonyl (C=O) groups excluding carboxylic acids is 9. The lowest BCUT2D eigenvalue weighted by Crippen LogP contribution is -2.55. The van der Waals surface area contributed by atoms with Gasteiger partial charge in [0.25, 0.3) is 17.3 Å². The average molecular weight is 1140 g/mol. The average Bonchev–Trinajstić information content (AvgIpc) is 3.88. The molecule has 7 amide bonds. The second-order valence-electron chi connectivity index (χ2n) is 21.0. The summed E-state index contributed by atoms with van der Waals surface area (Å²) in [7, 11) is -5.09. The highest BCUT2D eigenvalue weighted by molar-refractivity contribution is 7.70. The summed E-state index contributed by atoms with van der Waals surface area (Å²) in [5.41, 5.74) is 8.09. The van der Waals surface area contributed by atoms with Gasteiger partial charge in [-0.3, -0.25) is 53.0 Å². The monoisotopic (exact) mass is 1140 g/mol. The van der Waals surface area contributed by atoms with E-state index in [4.69, 9.17) is 10.5 Å². The van der Waals surface area contributed by atoms with E-state index in [1.807, 2.05) is 73.7 Å². The fraction of sp³-hybridized carbons (Fsp3) is 0.393. The maximum absolute atomic E-state index is 14.9. The highest BCUT2D eigenvalue weighted by Gasteiger charge is 2.44. The lowest BCUT2D eigenvalue weighted by molar-refractivity contribution is -0.141. The Morgan fingerprint density at radius 1 is 0.841 bits per heavy atom. The van der Waals surface area contributed by atoms with Crippen molar-refractivity contribution < 1.29 is 62.2 Å².